The first-order valence-electron chi connectivity index (χ1n) is 7.75. The van der Waals surface area contributed by atoms with Gasteiger partial charge in [0.15, 0.2) is 16.7 Å². The number of benzene rings is 2. The van der Waals surface area contributed by atoms with E-state index in [0.29, 0.717) is 46.5 Å². The largest absolute Gasteiger partial charge is 0.486 e. The molecule has 0 saturated heterocycles. The number of carbonyl (C=O) groups is 1. The fraction of sp³-hybridized carbons (Fsp3) is 0.222. The van der Waals surface area contributed by atoms with Gasteiger partial charge in [0.25, 0.3) is 5.91 Å². The molecule has 1 aromatic heterocycles. The summed E-state index contributed by atoms with van der Waals surface area (Å²) in [6, 6.07) is 7.99. The van der Waals surface area contributed by atoms with Gasteiger partial charge >= 0.3 is 0 Å². The average Bonchev–Trinajstić information content (AvgIpc) is 2.98. The van der Waals surface area contributed by atoms with Gasteiger partial charge in [-0.05, 0) is 30.9 Å². The molecule has 0 radical (unpaired) electrons. The van der Waals surface area contributed by atoms with Crippen LogP contribution in [0.15, 0.2) is 35.5 Å². The van der Waals surface area contributed by atoms with E-state index in [2.05, 4.69) is 4.98 Å². The standard InChI is InChI=1S/C18H15FN2O3S/c1-10-3-4-11(7-12(10)19)17(22)21-14-9-16-15(23-5-6-24-16)8-13(14)20-18(21)25-2/h3-4,7-9H,5-6H2,1-2H3. The Hall–Kier alpha value is -2.54. The molecule has 0 bridgehead atoms. The molecular formula is C18H15FN2O3S. The molecule has 0 fully saturated rings. The molecule has 1 aliphatic heterocycles. The van der Waals surface area contributed by atoms with Gasteiger partial charge in [-0.15, -0.1) is 0 Å². The average molecular weight is 358 g/mol. The maximum Gasteiger partial charge on any atom is 0.264 e. The van der Waals surface area contributed by atoms with Crippen LogP contribution in [-0.2, 0) is 0 Å². The molecule has 2 aromatic carbocycles. The first-order chi connectivity index (χ1) is 12.1. The van der Waals surface area contributed by atoms with E-state index in [1.165, 1.54) is 22.4 Å². The van der Waals surface area contributed by atoms with Crippen LogP contribution >= 0.6 is 11.8 Å². The van der Waals surface area contributed by atoms with Gasteiger partial charge in [-0.25, -0.2) is 9.37 Å². The number of rotatable bonds is 2. The van der Waals surface area contributed by atoms with Crippen molar-refractivity contribution >= 4 is 28.7 Å². The van der Waals surface area contributed by atoms with Gasteiger partial charge in [-0.3, -0.25) is 9.36 Å². The van der Waals surface area contributed by atoms with Crippen LogP contribution in [-0.4, -0.2) is 34.9 Å². The molecule has 0 atom stereocenters. The van der Waals surface area contributed by atoms with Crippen LogP contribution in [0, 0.1) is 12.7 Å². The Morgan fingerprint density at radius 3 is 2.60 bits per heavy atom. The van der Waals surface area contributed by atoms with E-state index in [4.69, 9.17) is 9.47 Å². The maximum atomic E-state index is 13.9. The number of hydrogen-bond donors (Lipinski definition) is 0. The van der Waals surface area contributed by atoms with Crippen molar-refractivity contribution in [3.63, 3.8) is 0 Å². The molecule has 5 nitrogen and oxygen atoms in total. The lowest BCUT2D eigenvalue weighted by atomic mass is 10.1. The fourth-order valence-corrected chi connectivity index (χ4v) is 3.33. The topological polar surface area (TPSA) is 53.4 Å². The van der Waals surface area contributed by atoms with Crippen molar-refractivity contribution in [3.05, 3.63) is 47.3 Å². The third kappa shape index (κ3) is 2.64. The van der Waals surface area contributed by atoms with Crippen molar-refractivity contribution in [2.75, 3.05) is 19.5 Å². The number of fused-ring (bicyclic) bond motifs is 2. The van der Waals surface area contributed by atoms with Crippen molar-refractivity contribution < 1.29 is 18.7 Å². The Morgan fingerprint density at radius 1 is 1.20 bits per heavy atom. The quantitative estimate of drug-likeness (QED) is 0.655. The summed E-state index contributed by atoms with van der Waals surface area (Å²) in [6.07, 6.45) is 1.84. The monoisotopic (exact) mass is 358 g/mol. The number of nitrogens with zero attached hydrogens (tertiary/aromatic N) is 2. The predicted octanol–water partition coefficient (Wildman–Crippen LogP) is 3.67. The Morgan fingerprint density at radius 2 is 1.92 bits per heavy atom. The highest BCUT2D eigenvalue weighted by Crippen LogP contribution is 2.36. The van der Waals surface area contributed by atoms with Crippen LogP contribution in [0.5, 0.6) is 11.5 Å². The minimum atomic E-state index is -0.407. The lowest BCUT2D eigenvalue weighted by molar-refractivity contribution is 0.0954. The minimum Gasteiger partial charge on any atom is -0.486 e. The number of carbonyl (C=O) groups excluding carboxylic acids is 1. The molecular weight excluding hydrogens is 343 g/mol. The molecule has 0 spiro atoms. The minimum absolute atomic E-state index is 0.271. The second-order valence-corrected chi connectivity index (χ2v) is 6.46. The lowest BCUT2D eigenvalue weighted by Crippen LogP contribution is -2.16. The predicted molar refractivity (Wildman–Crippen MR) is 93.4 cm³/mol. The zero-order valence-electron chi connectivity index (χ0n) is 13.7. The van der Waals surface area contributed by atoms with E-state index in [0.717, 1.165) is 0 Å². The lowest BCUT2D eigenvalue weighted by Gasteiger charge is -2.18. The number of thioether (sulfide) groups is 1. The Bertz CT molecular complexity index is 1000. The number of aryl methyl sites for hydroxylation is 1. The molecule has 4 rings (SSSR count). The molecule has 0 aliphatic carbocycles. The maximum absolute atomic E-state index is 13.9. The van der Waals surface area contributed by atoms with Crippen LogP contribution < -0.4 is 9.47 Å². The second kappa shape index (κ2) is 6.07. The van der Waals surface area contributed by atoms with Crippen LogP contribution in [0.4, 0.5) is 4.39 Å². The van der Waals surface area contributed by atoms with Gasteiger partial charge < -0.3 is 9.47 Å². The van der Waals surface area contributed by atoms with Gasteiger partial charge in [0, 0.05) is 17.7 Å². The summed E-state index contributed by atoms with van der Waals surface area (Å²) < 4.78 is 26.6. The van der Waals surface area contributed by atoms with E-state index in [1.54, 1.807) is 31.2 Å². The molecule has 7 heteroatoms. The Kier molecular flexibility index (Phi) is 3.88. The first-order valence-corrected chi connectivity index (χ1v) is 8.98. The molecule has 0 N–H and O–H groups in total. The van der Waals surface area contributed by atoms with Crippen LogP contribution in [0.1, 0.15) is 15.9 Å². The number of hydrogen-bond acceptors (Lipinski definition) is 5. The van der Waals surface area contributed by atoms with Crippen molar-refractivity contribution in [1.29, 1.82) is 0 Å². The Balaban J connectivity index is 1.89. The third-order valence-corrected chi connectivity index (χ3v) is 4.73. The summed E-state index contributed by atoms with van der Waals surface area (Å²) in [7, 11) is 0. The molecule has 0 saturated carbocycles. The molecule has 25 heavy (non-hydrogen) atoms. The molecule has 128 valence electrons. The fourth-order valence-electron chi connectivity index (χ4n) is 2.78. The molecule has 3 aromatic rings. The second-order valence-electron chi connectivity index (χ2n) is 5.69. The van der Waals surface area contributed by atoms with Crippen molar-refractivity contribution in [2.24, 2.45) is 0 Å². The number of imidazole rings is 1. The number of ether oxygens (including phenoxy) is 2. The number of halogens is 1. The van der Waals surface area contributed by atoms with Gasteiger partial charge in [0.2, 0.25) is 0 Å². The van der Waals surface area contributed by atoms with E-state index in [-0.39, 0.29) is 11.5 Å². The van der Waals surface area contributed by atoms with Crippen LogP contribution in [0.25, 0.3) is 11.0 Å². The molecule has 2 heterocycles. The number of aromatic nitrogens is 2. The smallest absolute Gasteiger partial charge is 0.264 e. The highest BCUT2D eigenvalue weighted by atomic mass is 32.2. The zero-order valence-corrected chi connectivity index (χ0v) is 14.5. The van der Waals surface area contributed by atoms with Gasteiger partial charge in [0.05, 0.1) is 11.0 Å². The van der Waals surface area contributed by atoms with Crippen molar-refractivity contribution in [3.8, 4) is 11.5 Å². The third-order valence-electron chi connectivity index (χ3n) is 4.09. The van der Waals surface area contributed by atoms with E-state index in [9.17, 15) is 9.18 Å². The molecule has 1 aliphatic rings. The van der Waals surface area contributed by atoms with Crippen LogP contribution in [0.3, 0.4) is 0 Å². The SMILES string of the molecule is CSc1nc2cc3c(cc2n1C(=O)c1ccc(C)c(F)c1)OCCO3. The summed E-state index contributed by atoms with van der Waals surface area (Å²) in [5, 5.41) is 0.531. The van der Waals surface area contributed by atoms with Gasteiger partial charge in [-0.2, -0.15) is 0 Å². The summed E-state index contributed by atoms with van der Waals surface area (Å²) in [5.74, 6) is 0.456. The molecule has 0 amide bonds. The highest BCUT2D eigenvalue weighted by molar-refractivity contribution is 7.98. The van der Waals surface area contributed by atoms with Crippen molar-refractivity contribution in [1.82, 2.24) is 9.55 Å². The van der Waals surface area contributed by atoms with E-state index < -0.39 is 5.82 Å². The van der Waals surface area contributed by atoms with E-state index >= 15 is 0 Å². The van der Waals surface area contributed by atoms with Gasteiger partial charge in [-0.1, -0.05) is 17.8 Å². The van der Waals surface area contributed by atoms with E-state index in [1.807, 2.05) is 6.26 Å². The summed E-state index contributed by atoms with van der Waals surface area (Å²) >= 11 is 1.35. The normalized spacial score (nSPS) is 13.2. The van der Waals surface area contributed by atoms with Crippen LogP contribution in [0.2, 0.25) is 0 Å². The zero-order chi connectivity index (χ0) is 17.6. The summed E-state index contributed by atoms with van der Waals surface area (Å²) in [5.41, 5.74) is 2.01. The summed E-state index contributed by atoms with van der Waals surface area (Å²) in [6.45, 7) is 2.60. The van der Waals surface area contributed by atoms with Gasteiger partial charge in [0.1, 0.15) is 19.0 Å². The van der Waals surface area contributed by atoms with Crippen molar-refractivity contribution in [2.45, 2.75) is 12.1 Å². The summed E-state index contributed by atoms with van der Waals surface area (Å²) in [4.78, 5) is 17.5. The highest BCUT2D eigenvalue weighted by Gasteiger charge is 2.22. The first kappa shape index (κ1) is 16.0. The molecule has 0 unspecified atom stereocenters. The Labute approximate surface area is 147 Å².